The Labute approximate surface area is 217 Å². The lowest BCUT2D eigenvalue weighted by Gasteiger charge is -2.16. The Morgan fingerprint density at radius 1 is 0.829 bits per heavy atom. The van der Waals surface area contributed by atoms with Crippen LogP contribution in [-0.4, -0.2) is 17.7 Å². The molecular formula is C26H20Cl3N3O3. The third-order valence-electron chi connectivity index (χ3n) is 5.42. The molecule has 3 aromatic rings. The Kier molecular flexibility index (Phi) is 7.17. The summed E-state index contributed by atoms with van der Waals surface area (Å²) >= 11 is 18.2. The third kappa shape index (κ3) is 5.20. The quantitative estimate of drug-likeness (QED) is 0.345. The van der Waals surface area contributed by atoms with Crippen molar-refractivity contribution in [3.05, 3.63) is 98.6 Å². The van der Waals surface area contributed by atoms with Crippen molar-refractivity contribution in [2.24, 2.45) is 0 Å². The van der Waals surface area contributed by atoms with Crippen molar-refractivity contribution >= 4 is 69.6 Å². The highest BCUT2D eigenvalue weighted by Gasteiger charge is 2.39. The second-order valence-electron chi connectivity index (χ2n) is 8.17. The molecule has 0 bridgehead atoms. The van der Waals surface area contributed by atoms with E-state index >= 15 is 0 Å². The smallest absolute Gasteiger partial charge is 0.283 e. The molecule has 1 aliphatic rings. The van der Waals surface area contributed by atoms with E-state index in [-0.39, 0.29) is 32.4 Å². The fraction of sp³-hybridized carbons (Fsp3) is 0.115. The number of anilines is 3. The Hall–Kier alpha value is -3.32. The van der Waals surface area contributed by atoms with Gasteiger partial charge in [-0.15, -0.1) is 0 Å². The zero-order valence-electron chi connectivity index (χ0n) is 18.7. The summed E-state index contributed by atoms with van der Waals surface area (Å²) in [6, 6.07) is 18.5. The highest BCUT2D eigenvalue weighted by atomic mass is 35.5. The van der Waals surface area contributed by atoms with Gasteiger partial charge in [0.25, 0.3) is 17.7 Å². The fourth-order valence-corrected chi connectivity index (χ4v) is 4.01. The van der Waals surface area contributed by atoms with Crippen LogP contribution in [0, 0.1) is 0 Å². The molecule has 0 atom stereocenters. The normalized spacial score (nSPS) is 13.6. The van der Waals surface area contributed by atoms with Crippen LogP contribution in [0.5, 0.6) is 0 Å². The van der Waals surface area contributed by atoms with Crippen LogP contribution >= 0.6 is 34.8 Å². The number of nitrogens with one attached hydrogen (secondary N) is 2. The molecule has 2 N–H and O–H groups in total. The second-order valence-corrected chi connectivity index (χ2v) is 9.36. The van der Waals surface area contributed by atoms with E-state index in [1.165, 1.54) is 23.8 Å². The highest BCUT2D eigenvalue weighted by molar-refractivity contribution is 6.53. The van der Waals surface area contributed by atoms with Gasteiger partial charge in [-0.2, -0.15) is 0 Å². The van der Waals surface area contributed by atoms with E-state index in [0.717, 1.165) is 4.90 Å². The predicted molar refractivity (Wildman–Crippen MR) is 140 cm³/mol. The van der Waals surface area contributed by atoms with Crippen molar-refractivity contribution in [1.29, 1.82) is 0 Å². The van der Waals surface area contributed by atoms with Gasteiger partial charge in [0.2, 0.25) is 0 Å². The van der Waals surface area contributed by atoms with Crippen LogP contribution in [0.2, 0.25) is 10.0 Å². The predicted octanol–water partition coefficient (Wildman–Crippen LogP) is 6.80. The lowest BCUT2D eigenvalue weighted by atomic mass is 10.0. The maximum atomic E-state index is 13.0. The van der Waals surface area contributed by atoms with E-state index in [9.17, 15) is 14.4 Å². The van der Waals surface area contributed by atoms with E-state index in [1.54, 1.807) is 24.3 Å². The van der Waals surface area contributed by atoms with Crippen LogP contribution in [0.25, 0.3) is 0 Å². The summed E-state index contributed by atoms with van der Waals surface area (Å²) in [7, 11) is 0. The summed E-state index contributed by atoms with van der Waals surface area (Å²) < 4.78 is 0. The summed E-state index contributed by atoms with van der Waals surface area (Å²) in [5.74, 6) is -1.28. The molecule has 35 heavy (non-hydrogen) atoms. The molecule has 0 aliphatic carbocycles. The molecule has 0 saturated carbocycles. The number of rotatable bonds is 6. The van der Waals surface area contributed by atoms with Gasteiger partial charge in [0.1, 0.15) is 10.7 Å². The Morgan fingerprint density at radius 2 is 1.54 bits per heavy atom. The van der Waals surface area contributed by atoms with Gasteiger partial charge in [0.05, 0.1) is 15.7 Å². The van der Waals surface area contributed by atoms with Gasteiger partial charge in [-0.1, -0.05) is 66.8 Å². The van der Waals surface area contributed by atoms with Gasteiger partial charge in [-0.05, 0) is 60.0 Å². The Balaban J connectivity index is 1.51. The number of hydrogen-bond acceptors (Lipinski definition) is 4. The number of amides is 3. The Morgan fingerprint density at radius 3 is 2.20 bits per heavy atom. The number of benzene rings is 3. The Bertz CT molecular complexity index is 1370. The van der Waals surface area contributed by atoms with Gasteiger partial charge < -0.3 is 10.6 Å². The SMILES string of the molecule is CC(C)c1ccc(NC(=O)c2cccc(NC3=C(Cl)C(=O)N(c4ccc(Cl)c(Cl)c4)C3=O)c2)cc1. The van der Waals surface area contributed by atoms with Crippen LogP contribution < -0.4 is 15.5 Å². The first-order valence-electron chi connectivity index (χ1n) is 10.7. The monoisotopic (exact) mass is 527 g/mol. The average molecular weight is 529 g/mol. The lowest BCUT2D eigenvalue weighted by molar-refractivity contribution is -0.120. The van der Waals surface area contributed by atoms with Crippen LogP contribution in [0.3, 0.4) is 0 Å². The molecule has 0 fully saturated rings. The maximum Gasteiger partial charge on any atom is 0.283 e. The highest BCUT2D eigenvalue weighted by Crippen LogP contribution is 2.33. The van der Waals surface area contributed by atoms with Crippen LogP contribution in [-0.2, 0) is 9.59 Å². The molecule has 0 unspecified atom stereocenters. The average Bonchev–Trinajstić information content (AvgIpc) is 3.04. The first-order valence-corrected chi connectivity index (χ1v) is 11.8. The zero-order chi connectivity index (χ0) is 25.3. The molecule has 1 heterocycles. The van der Waals surface area contributed by atoms with E-state index in [0.29, 0.717) is 22.9 Å². The van der Waals surface area contributed by atoms with Crippen molar-refractivity contribution in [3.8, 4) is 0 Å². The summed E-state index contributed by atoms with van der Waals surface area (Å²) in [5, 5.41) is 5.93. The number of carbonyl (C=O) groups is 3. The number of imide groups is 1. The molecule has 3 aromatic carbocycles. The lowest BCUT2D eigenvalue weighted by Crippen LogP contribution is -2.32. The number of nitrogens with zero attached hydrogens (tertiary/aromatic N) is 1. The van der Waals surface area contributed by atoms with Gasteiger partial charge in [-0.3, -0.25) is 14.4 Å². The van der Waals surface area contributed by atoms with E-state index in [1.807, 2.05) is 24.3 Å². The molecule has 4 rings (SSSR count). The van der Waals surface area contributed by atoms with Crippen LogP contribution in [0.4, 0.5) is 17.1 Å². The van der Waals surface area contributed by atoms with Crippen molar-refractivity contribution in [2.45, 2.75) is 19.8 Å². The maximum absolute atomic E-state index is 13.0. The van der Waals surface area contributed by atoms with Gasteiger partial charge in [0, 0.05) is 16.9 Å². The van der Waals surface area contributed by atoms with E-state index in [2.05, 4.69) is 24.5 Å². The molecule has 3 amide bonds. The second kappa shape index (κ2) is 10.1. The van der Waals surface area contributed by atoms with Crippen molar-refractivity contribution in [1.82, 2.24) is 0 Å². The van der Waals surface area contributed by atoms with Gasteiger partial charge >= 0.3 is 0 Å². The number of carbonyl (C=O) groups excluding carboxylic acids is 3. The molecule has 9 heteroatoms. The first kappa shape index (κ1) is 24.8. The molecule has 0 saturated heterocycles. The number of halogens is 3. The third-order valence-corrected chi connectivity index (χ3v) is 6.51. The summed E-state index contributed by atoms with van der Waals surface area (Å²) in [6.07, 6.45) is 0. The molecule has 0 radical (unpaired) electrons. The summed E-state index contributed by atoms with van der Waals surface area (Å²) in [4.78, 5) is 39.4. The van der Waals surface area contributed by atoms with Gasteiger partial charge in [0.15, 0.2) is 0 Å². The van der Waals surface area contributed by atoms with Gasteiger partial charge in [-0.25, -0.2) is 4.90 Å². The topological polar surface area (TPSA) is 78.5 Å². The number of hydrogen-bond donors (Lipinski definition) is 2. The first-order chi connectivity index (χ1) is 16.7. The molecule has 1 aliphatic heterocycles. The minimum Gasteiger partial charge on any atom is -0.350 e. The van der Waals surface area contributed by atoms with E-state index < -0.39 is 11.8 Å². The minimum atomic E-state index is -0.698. The van der Waals surface area contributed by atoms with E-state index in [4.69, 9.17) is 34.8 Å². The molecule has 0 spiro atoms. The van der Waals surface area contributed by atoms with Crippen molar-refractivity contribution in [3.63, 3.8) is 0 Å². The minimum absolute atomic E-state index is 0.107. The summed E-state index contributed by atoms with van der Waals surface area (Å²) in [5.41, 5.74) is 2.74. The fourth-order valence-electron chi connectivity index (χ4n) is 3.51. The largest absolute Gasteiger partial charge is 0.350 e. The van der Waals surface area contributed by atoms with Crippen molar-refractivity contribution < 1.29 is 14.4 Å². The zero-order valence-corrected chi connectivity index (χ0v) is 21.0. The van der Waals surface area contributed by atoms with Crippen molar-refractivity contribution in [2.75, 3.05) is 15.5 Å². The van der Waals surface area contributed by atoms with Crippen LogP contribution in [0.15, 0.2) is 77.5 Å². The van der Waals surface area contributed by atoms with Crippen LogP contribution in [0.1, 0.15) is 35.7 Å². The molecule has 0 aromatic heterocycles. The standard InChI is InChI=1S/C26H20Cl3N3O3/c1-14(2)15-6-8-17(9-7-15)31-24(33)16-4-3-5-18(12-16)30-23-22(29)25(34)32(26(23)35)19-10-11-20(27)21(28)13-19/h3-14,30H,1-2H3,(H,31,33). The molecule has 6 nitrogen and oxygen atoms in total. The molecular weight excluding hydrogens is 509 g/mol. The molecule has 178 valence electrons. The summed E-state index contributed by atoms with van der Waals surface area (Å²) in [6.45, 7) is 4.19.